The Morgan fingerprint density at radius 2 is 2.24 bits per heavy atom. The average molecular weight is 406 g/mol. The van der Waals surface area contributed by atoms with Crippen molar-refractivity contribution in [1.82, 2.24) is 14.6 Å². The minimum Gasteiger partial charge on any atom is -0.468 e. The first-order valence-electron chi connectivity index (χ1n) is 9.06. The van der Waals surface area contributed by atoms with Gasteiger partial charge in [-0.15, -0.1) is 0 Å². The topological polar surface area (TPSA) is 182 Å². The summed E-state index contributed by atoms with van der Waals surface area (Å²) in [5.74, 6) is 0.129. The molecule has 0 unspecified atom stereocenters. The first-order chi connectivity index (χ1) is 13.7. The first kappa shape index (κ1) is 22.5. The van der Waals surface area contributed by atoms with E-state index >= 15 is 0 Å². The number of hydrogen-bond donors (Lipinski definition) is 4. The molecule has 6 N–H and O–H groups in total. The molecule has 0 bridgehead atoms. The van der Waals surface area contributed by atoms with Crippen LogP contribution in [0.2, 0.25) is 0 Å². The molecule has 29 heavy (non-hydrogen) atoms. The summed E-state index contributed by atoms with van der Waals surface area (Å²) in [6.07, 6.45) is -0.332. The minimum atomic E-state index is -1.66. The van der Waals surface area contributed by atoms with Crippen molar-refractivity contribution in [1.29, 1.82) is 5.26 Å². The van der Waals surface area contributed by atoms with Gasteiger partial charge >= 0.3 is 5.97 Å². The molecule has 0 aromatic carbocycles. The predicted octanol–water partition coefficient (Wildman–Crippen LogP) is -0.685. The molecule has 1 saturated heterocycles. The number of hydrogen-bond acceptors (Lipinski definition) is 10. The van der Waals surface area contributed by atoms with E-state index in [1.54, 1.807) is 12.1 Å². The van der Waals surface area contributed by atoms with Crippen LogP contribution in [0.15, 0.2) is 18.5 Å². The number of nitrogen functional groups attached to an aromatic ring is 1. The molecular formula is C18H26N6O5. The van der Waals surface area contributed by atoms with Crippen LogP contribution in [-0.2, 0) is 19.9 Å². The van der Waals surface area contributed by atoms with E-state index in [9.17, 15) is 20.3 Å². The number of esters is 1. The van der Waals surface area contributed by atoms with Gasteiger partial charge in [-0.2, -0.15) is 10.4 Å². The van der Waals surface area contributed by atoms with E-state index in [4.69, 9.17) is 16.2 Å². The Hall–Kier alpha value is -2.78. The Balaban J connectivity index is 0.000000257. The number of aliphatic hydroxyl groups excluding tert-OH is 2. The van der Waals surface area contributed by atoms with Crippen molar-refractivity contribution < 1.29 is 24.5 Å². The monoisotopic (exact) mass is 406 g/mol. The Bertz CT molecular complexity index is 896. The van der Waals surface area contributed by atoms with Crippen LogP contribution in [-0.4, -0.2) is 62.7 Å². The van der Waals surface area contributed by atoms with Crippen molar-refractivity contribution in [3.8, 4) is 6.07 Å². The molecule has 2 aromatic heterocycles. The summed E-state index contributed by atoms with van der Waals surface area (Å²) in [7, 11) is 1.35. The number of nitrogens with two attached hydrogens (primary N) is 2. The van der Waals surface area contributed by atoms with Crippen molar-refractivity contribution in [3.05, 3.63) is 24.2 Å². The fraction of sp³-hybridized carbons (Fsp3) is 0.556. The van der Waals surface area contributed by atoms with E-state index in [1.807, 2.05) is 19.9 Å². The van der Waals surface area contributed by atoms with Gasteiger partial charge in [0.2, 0.25) is 5.60 Å². The van der Waals surface area contributed by atoms with Crippen LogP contribution in [0.3, 0.4) is 0 Å². The van der Waals surface area contributed by atoms with E-state index in [-0.39, 0.29) is 24.3 Å². The molecule has 0 radical (unpaired) electrons. The van der Waals surface area contributed by atoms with Gasteiger partial charge in [-0.05, 0) is 18.1 Å². The predicted molar refractivity (Wildman–Crippen MR) is 102 cm³/mol. The lowest BCUT2D eigenvalue weighted by atomic mass is 9.93. The highest BCUT2D eigenvalue weighted by Gasteiger charge is 2.52. The van der Waals surface area contributed by atoms with Crippen molar-refractivity contribution in [2.75, 3.05) is 19.5 Å². The summed E-state index contributed by atoms with van der Waals surface area (Å²) < 4.78 is 11.2. The number of fused-ring (bicyclic) bond motifs is 1. The van der Waals surface area contributed by atoms with E-state index in [1.165, 1.54) is 18.0 Å². The fourth-order valence-electron chi connectivity index (χ4n) is 2.90. The zero-order valence-corrected chi connectivity index (χ0v) is 16.5. The van der Waals surface area contributed by atoms with E-state index in [2.05, 4.69) is 14.8 Å². The van der Waals surface area contributed by atoms with Gasteiger partial charge in [0.15, 0.2) is 5.82 Å². The number of ether oxygens (including phenoxy) is 2. The molecule has 5 atom stereocenters. The molecule has 11 heteroatoms. The summed E-state index contributed by atoms with van der Waals surface area (Å²) >= 11 is 0. The highest BCUT2D eigenvalue weighted by Crippen LogP contribution is 2.37. The third-order valence-corrected chi connectivity index (χ3v) is 5.02. The van der Waals surface area contributed by atoms with Gasteiger partial charge in [0.05, 0.1) is 19.4 Å². The van der Waals surface area contributed by atoms with Crippen LogP contribution >= 0.6 is 0 Å². The number of carbonyl (C=O) groups is 1. The van der Waals surface area contributed by atoms with Crippen molar-refractivity contribution in [3.63, 3.8) is 0 Å². The van der Waals surface area contributed by atoms with Crippen LogP contribution in [0.4, 0.5) is 5.82 Å². The normalized spacial score (nSPS) is 25.6. The molecule has 0 aliphatic carbocycles. The highest BCUT2D eigenvalue weighted by atomic mass is 16.5. The Morgan fingerprint density at radius 3 is 2.76 bits per heavy atom. The van der Waals surface area contributed by atoms with E-state index < -0.39 is 23.9 Å². The molecule has 0 saturated carbocycles. The second-order valence-corrected chi connectivity index (χ2v) is 6.77. The molecule has 0 amide bonds. The van der Waals surface area contributed by atoms with E-state index in [0.29, 0.717) is 11.2 Å². The number of rotatable bonds is 4. The van der Waals surface area contributed by atoms with Gasteiger partial charge in [0.25, 0.3) is 0 Å². The van der Waals surface area contributed by atoms with Crippen LogP contribution in [0, 0.1) is 17.2 Å². The maximum atomic E-state index is 10.8. The summed E-state index contributed by atoms with van der Waals surface area (Å²) in [5, 5.41) is 33.0. The van der Waals surface area contributed by atoms with Crippen LogP contribution in [0.25, 0.3) is 5.52 Å². The molecule has 158 valence electrons. The van der Waals surface area contributed by atoms with Crippen LogP contribution in [0.1, 0.15) is 26.0 Å². The molecule has 3 heterocycles. The maximum absolute atomic E-state index is 10.8. The molecule has 1 aliphatic rings. The van der Waals surface area contributed by atoms with Gasteiger partial charge in [0, 0.05) is 0 Å². The lowest BCUT2D eigenvalue weighted by Gasteiger charge is -2.23. The third-order valence-electron chi connectivity index (χ3n) is 5.02. The summed E-state index contributed by atoms with van der Waals surface area (Å²) in [4.78, 5) is 14.6. The Morgan fingerprint density at radius 1 is 1.55 bits per heavy atom. The summed E-state index contributed by atoms with van der Waals surface area (Å²) in [6, 6.07) is 4.66. The van der Waals surface area contributed by atoms with Gasteiger partial charge in [-0.3, -0.25) is 4.79 Å². The third kappa shape index (κ3) is 4.15. The standard InChI is InChI=1S/C11H11N5O3.C7H15NO2/c12-4-11(9(18)7(17)3-19-11)8-2-1-6-10(13)14-5-15-16(6)8;1-4-5(2)6(8)7(9)10-3/h1-2,5,7,9,17-18H,3H2,(H2,13,14,15);5-6H,4,8H2,1-3H3/t7-,9+,11-;5-,6-/m00/s1. The maximum Gasteiger partial charge on any atom is 0.322 e. The SMILES string of the molecule is CC[C@H](C)[C@H](N)C(=O)OC.N#C[C@@]1(c2ccc3c(N)ncnn23)OC[C@H](O)[C@H]1O. The second kappa shape index (κ2) is 9.15. The highest BCUT2D eigenvalue weighted by molar-refractivity contribution is 5.75. The zero-order chi connectivity index (χ0) is 21.8. The number of anilines is 1. The van der Waals surface area contributed by atoms with Crippen LogP contribution < -0.4 is 11.5 Å². The average Bonchev–Trinajstić information content (AvgIpc) is 3.30. The molecule has 11 nitrogen and oxygen atoms in total. The molecule has 0 spiro atoms. The lowest BCUT2D eigenvalue weighted by Crippen LogP contribution is -2.40. The van der Waals surface area contributed by atoms with Crippen molar-refractivity contribution in [2.45, 2.75) is 44.1 Å². The van der Waals surface area contributed by atoms with Gasteiger partial charge in [-0.1, -0.05) is 20.3 Å². The summed E-state index contributed by atoms with van der Waals surface area (Å²) in [5.41, 5.74) is 10.4. The molecular weight excluding hydrogens is 380 g/mol. The fourth-order valence-corrected chi connectivity index (χ4v) is 2.90. The molecule has 2 aromatic rings. The van der Waals surface area contributed by atoms with Gasteiger partial charge in [-0.25, -0.2) is 9.50 Å². The minimum absolute atomic E-state index is 0.122. The number of aliphatic hydroxyl groups is 2. The number of carbonyl (C=O) groups excluding carboxylic acids is 1. The zero-order valence-electron chi connectivity index (χ0n) is 16.5. The van der Waals surface area contributed by atoms with Crippen LogP contribution in [0.5, 0.6) is 0 Å². The smallest absolute Gasteiger partial charge is 0.322 e. The molecule has 3 rings (SSSR count). The Labute approximate surface area is 167 Å². The first-order valence-corrected chi connectivity index (χ1v) is 9.06. The van der Waals surface area contributed by atoms with Gasteiger partial charge in [0.1, 0.15) is 36.2 Å². The quantitative estimate of drug-likeness (QED) is 0.474. The number of nitriles is 1. The summed E-state index contributed by atoms with van der Waals surface area (Å²) in [6.45, 7) is 3.80. The number of aromatic nitrogens is 3. The molecule has 1 fully saturated rings. The van der Waals surface area contributed by atoms with E-state index in [0.717, 1.165) is 6.42 Å². The number of nitrogens with zero attached hydrogens (tertiary/aromatic N) is 4. The second-order valence-electron chi connectivity index (χ2n) is 6.77. The van der Waals surface area contributed by atoms with Gasteiger partial charge < -0.3 is 31.2 Å². The van der Waals surface area contributed by atoms with Crippen molar-refractivity contribution >= 4 is 17.3 Å². The Kier molecular flexibility index (Phi) is 7.10. The molecule has 1 aliphatic heterocycles. The lowest BCUT2D eigenvalue weighted by molar-refractivity contribution is -0.143. The van der Waals surface area contributed by atoms with Crippen molar-refractivity contribution in [2.24, 2.45) is 11.7 Å². The number of methoxy groups -OCH3 is 1. The largest absolute Gasteiger partial charge is 0.468 e.